The molecule has 0 aromatic heterocycles. The van der Waals surface area contributed by atoms with Crippen LogP contribution in [0.1, 0.15) is 63.3 Å². The molecule has 0 radical (unpaired) electrons. The van der Waals surface area contributed by atoms with Crippen molar-refractivity contribution >= 4 is 28.2 Å². The van der Waals surface area contributed by atoms with Crippen LogP contribution < -0.4 is 4.74 Å². The zero-order valence-electron chi connectivity index (χ0n) is 22.5. The summed E-state index contributed by atoms with van der Waals surface area (Å²) in [7, 11) is 0. The van der Waals surface area contributed by atoms with E-state index in [-0.39, 0.29) is 22.9 Å². The van der Waals surface area contributed by atoms with Crippen LogP contribution in [-0.4, -0.2) is 47.6 Å². The summed E-state index contributed by atoms with van der Waals surface area (Å²) in [5.41, 5.74) is 2.05. The van der Waals surface area contributed by atoms with E-state index < -0.39 is 17.7 Å². The summed E-state index contributed by atoms with van der Waals surface area (Å²) in [6.45, 7) is 9.62. The first-order valence-corrected chi connectivity index (χ1v) is 13.4. The highest BCUT2D eigenvalue weighted by molar-refractivity contribution is 6.46. The van der Waals surface area contributed by atoms with Gasteiger partial charge >= 0.3 is 0 Å². The number of aliphatic hydroxyl groups excluding tert-OH is 1. The summed E-state index contributed by atoms with van der Waals surface area (Å²) in [6.07, 6.45) is 1.62. The molecule has 0 spiro atoms. The summed E-state index contributed by atoms with van der Waals surface area (Å²) >= 11 is 0. The second-order valence-electron chi connectivity index (χ2n) is 11.0. The fraction of sp³-hybridized carbons (Fsp3) is 0.375. The van der Waals surface area contributed by atoms with E-state index in [1.165, 1.54) is 0 Å². The molecule has 5 rings (SSSR count). The van der Waals surface area contributed by atoms with Crippen LogP contribution in [-0.2, 0) is 19.7 Å². The van der Waals surface area contributed by atoms with Gasteiger partial charge in [-0.15, -0.1) is 0 Å². The maximum absolute atomic E-state index is 13.6. The Morgan fingerprint density at radius 1 is 1.08 bits per heavy atom. The van der Waals surface area contributed by atoms with Crippen LogP contribution >= 0.6 is 0 Å². The summed E-state index contributed by atoms with van der Waals surface area (Å²) in [5.74, 6) is -0.725. The number of carbonyl (C=O) groups excluding carboxylic acids is 2. The topological polar surface area (TPSA) is 76.1 Å². The highest BCUT2D eigenvalue weighted by atomic mass is 16.5. The molecule has 1 N–H and O–H groups in total. The largest absolute Gasteiger partial charge is 0.507 e. The molecular weight excluding hydrogens is 478 g/mol. The second-order valence-corrected chi connectivity index (χ2v) is 11.0. The quantitative estimate of drug-likeness (QED) is 0.244. The Bertz CT molecular complexity index is 1410. The van der Waals surface area contributed by atoms with E-state index in [2.05, 4.69) is 20.8 Å². The lowest BCUT2D eigenvalue weighted by atomic mass is 9.84. The van der Waals surface area contributed by atoms with Crippen LogP contribution in [0.25, 0.3) is 16.5 Å². The van der Waals surface area contributed by atoms with Gasteiger partial charge in [0.1, 0.15) is 11.5 Å². The molecule has 6 nitrogen and oxygen atoms in total. The molecule has 1 amide bonds. The van der Waals surface area contributed by atoms with E-state index in [0.717, 1.165) is 40.5 Å². The number of Topliss-reactive ketones (excluding diaryl/α,β-unsaturated/α-hetero) is 1. The number of nitrogens with zero attached hydrogens (tertiary/aromatic N) is 1. The van der Waals surface area contributed by atoms with Gasteiger partial charge in [0.15, 0.2) is 0 Å². The Kier molecular flexibility index (Phi) is 7.01. The molecule has 2 saturated heterocycles. The fourth-order valence-corrected chi connectivity index (χ4v) is 5.59. The summed E-state index contributed by atoms with van der Waals surface area (Å²) < 4.78 is 11.7. The molecule has 0 bridgehead atoms. The molecule has 3 aromatic rings. The van der Waals surface area contributed by atoms with Gasteiger partial charge < -0.3 is 19.5 Å². The molecule has 2 fully saturated rings. The first-order chi connectivity index (χ1) is 18.2. The zero-order valence-corrected chi connectivity index (χ0v) is 22.5. The molecule has 198 valence electrons. The number of fused-ring (bicyclic) bond motifs is 1. The van der Waals surface area contributed by atoms with Gasteiger partial charge in [0.2, 0.25) is 0 Å². The third kappa shape index (κ3) is 4.69. The molecule has 6 heteroatoms. The zero-order chi connectivity index (χ0) is 27.0. The number of hydrogen-bond acceptors (Lipinski definition) is 5. The van der Waals surface area contributed by atoms with E-state index in [0.29, 0.717) is 25.3 Å². The molecule has 2 atom stereocenters. The number of rotatable bonds is 6. The Labute approximate surface area is 223 Å². The summed E-state index contributed by atoms with van der Waals surface area (Å²) in [6, 6.07) is 18.5. The van der Waals surface area contributed by atoms with Crippen LogP contribution in [0, 0.1) is 0 Å². The summed E-state index contributed by atoms with van der Waals surface area (Å²) in [4.78, 5) is 28.7. The third-order valence-corrected chi connectivity index (χ3v) is 7.44. The van der Waals surface area contributed by atoms with Crippen LogP contribution in [0.15, 0.2) is 66.2 Å². The minimum Gasteiger partial charge on any atom is -0.507 e. The minimum atomic E-state index is -0.727. The van der Waals surface area contributed by atoms with E-state index in [9.17, 15) is 14.7 Å². The Morgan fingerprint density at radius 3 is 2.55 bits per heavy atom. The van der Waals surface area contributed by atoms with Crippen molar-refractivity contribution in [3.05, 3.63) is 82.9 Å². The SMILES string of the molecule is CCOc1ccc(/C(O)=C2\C(=O)C(=O)N(CC3CCCO3)C2c2cccc3ccccc23)cc1C(C)(C)C. The number of carbonyl (C=O) groups is 2. The number of amides is 1. The number of likely N-dealkylation sites (tertiary alicyclic amines) is 1. The van der Waals surface area contributed by atoms with Gasteiger partial charge in [0.05, 0.1) is 24.3 Å². The lowest BCUT2D eigenvalue weighted by Crippen LogP contribution is -2.36. The van der Waals surface area contributed by atoms with E-state index in [1.54, 1.807) is 11.0 Å². The highest BCUT2D eigenvalue weighted by Crippen LogP contribution is 2.43. The highest BCUT2D eigenvalue weighted by Gasteiger charge is 2.47. The monoisotopic (exact) mass is 513 g/mol. The minimum absolute atomic E-state index is 0.105. The smallest absolute Gasteiger partial charge is 0.295 e. The van der Waals surface area contributed by atoms with Crippen molar-refractivity contribution in [1.82, 2.24) is 4.90 Å². The molecule has 2 unspecified atom stereocenters. The van der Waals surface area contributed by atoms with Gasteiger partial charge in [0.25, 0.3) is 11.7 Å². The van der Waals surface area contributed by atoms with Gasteiger partial charge in [-0.3, -0.25) is 9.59 Å². The predicted octanol–water partition coefficient (Wildman–Crippen LogP) is 6.14. The average molecular weight is 514 g/mol. The van der Waals surface area contributed by atoms with Crippen molar-refractivity contribution in [1.29, 1.82) is 0 Å². The van der Waals surface area contributed by atoms with Crippen molar-refractivity contribution in [3.63, 3.8) is 0 Å². The molecule has 0 aliphatic carbocycles. The van der Waals surface area contributed by atoms with Gasteiger partial charge in [0, 0.05) is 24.3 Å². The lowest BCUT2D eigenvalue weighted by Gasteiger charge is -2.28. The van der Waals surface area contributed by atoms with Crippen LogP contribution in [0.3, 0.4) is 0 Å². The van der Waals surface area contributed by atoms with E-state index >= 15 is 0 Å². The predicted molar refractivity (Wildman–Crippen MR) is 148 cm³/mol. The number of benzene rings is 3. The van der Waals surface area contributed by atoms with Crippen LogP contribution in [0.4, 0.5) is 0 Å². The first-order valence-electron chi connectivity index (χ1n) is 13.4. The van der Waals surface area contributed by atoms with Gasteiger partial charge in [-0.05, 0) is 59.7 Å². The van der Waals surface area contributed by atoms with E-state index in [1.807, 2.05) is 61.5 Å². The Hall–Kier alpha value is -3.64. The molecule has 3 aromatic carbocycles. The molecule has 2 heterocycles. The second kappa shape index (κ2) is 10.3. The van der Waals surface area contributed by atoms with Crippen LogP contribution in [0.2, 0.25) is 0 Å². The molecule has 2 aliphatic rings. The number of hydrogen-bond donors (Lipinski definition) is 1. The Morgan fingerprint density at radius 2 is 1.84 bits per heavy atom. The normalized spacial score (nSPS) is 21.4. The first kappa shape index (κ1) is 26.0. The van der Waals surface area contributed by atoms with Crippen molar-refractivity contribution in [3.8, 4) is 5.75 Å². The van der Waals surface area contributed by atoms with Gasteiger partial charge in [-0.25, -0.2) is 0 Å². The van der Waals surface area contributed by atoms with Crippen LogP contribution in [0.5, 0.6) is 5.75 Å². The molecule has 38 heavy (non-hydrogen) atoms. The maximum atomic E-state index is 13.6. The third-order valence-electron chi connectivity index (χ3n) is 7.44. The number of ether oxygens (including phenoxy) is 2. The number of aliphatic hydroxyl groups is 1. The van der Waals surface area contributed by atoms with Crippen molar-refractivity contribution < 1.29 is 24.2 Å². The van der Waals surface area contributed by atoms with Crippen molar-refractivity contribution in [2.24, 2.45) is 0 Å². The molecule has 0 saturated carbocycles. The van der Waals surface area contributed by atoms with Gasteiger partial charge in [-0.2, -0.15) is 0 Å². The van der Waals surface area contributed by atoms with Gasteiger partial charge in [-0.1, -0.05) is 63.2 Å². The standard InChI is InChI=1S/C32H35NO5/c1-5-37-26-16-15-21(18-25(26)32(2,3)4)29(34)27-28(24-14-8-11-20-10-6-7-13-23(20)24)33(31(36)30(27)35)19-22-12-9-17-38-22/h6-8,10-11,13-16,18,22,28,34H,5,9,12,17,19H2,1-4H3/b29-27+. The van der Waals surface area contributed by atoms with Crippen molar-refractivity contribution in [2.75, 3.05) is 19.8 Å². The molecule has 2 aliphatic heterocycles. The fourth-order valence-electron chi connectivity index (χ4n) is 5.59. The maximum Gasteiger partial charge on any atom is 0.295 e. The number of ketones is 1. The van der Waals surface area contributed by atoms with E-state index in [4.69, 9.17) is 9.47 Å². The average Bonchev–Trinajstić information content (AvgIpc) is 3.50. The lowest BCUT2D eigenvalue weighted by molar-refractivity contribution is -0.140. The van der Waals surface area contributed by atoms with Crippen molar-refractivity contribution in [2.45, 2.75) is 58.1 Å². The summed E-state index contributed by atoms with van der Waals surface area (Å²) in [5, 5.41) is 13.7. The molecular formula is C32H35NO5. The Balaban J connectivity index is 1.70.